The fraction of sp³-hybridized carbons (Fsp3) is 0.571. The number of aliphatic hydroxyl groups excluding tert-OH is 1. The Bertz CT molecular complexity index is 495. The number of ether oxygens (including phenoxy) is 1. The molecule has 1 saturated heterocycles. The zero-order valence-electron chi connectivity index (χ0n) is 12.2. The summed E-state index contributed by atoms with van der Waals surface area (Å²) in [7, 11) is 1.55. The topological polar surface area (TPSA) is 79.1 Å². The van der Waals surface area contributed by atoms with E-state index in [9.17, 15) is 10.1 Å². The molecule has 0 saturated carbocycles. The van der Waals surface area contributed by atoms with Crippen LogP contribution in [-0.2, 0) is 0 Å². The molecule has 1 fully saturated rings. The molecule has 0 amide bonds. The minimum absolute atomic E-state index is 0.103. The summed E-state index contributed by atoms with van der Waals surface area (Å²) in [5.74, 6) is 0.618. The molecule has 1 N–H and O–H groups in total. The molecular formula is C14H21N3O4. The van der Waals surface area contributed by atoms with Crippen LogP contribution in [0.2, 0.25) is 0 Å². The maximum atomic E-state index is 11.2. The van der Waals surface area contributed by atoms with Gasteiger partial charge in [-0.05, 0) is 19.0 Å². The molecule has 116 valence electrons. The van der Waals surface area contributed by atoms with E-state index in [0.29, 0.717) is 24.5 Å². The summed E-state index contributed by atoms with van der Waals surface area (Å²) in [4.78, 5) is 15.1. The first-order valence-corrected chi connectivity index (χ1v) is 7.06. The number of benzene rings is 1. The van der Waals surface area contributed by atoms with Crippen molar-refractivity contribution in [1.82, 2.24) is 4.90 Å². The Hall–Kier alpha value is -1.86. The number of hydrogen-bond acceptors (Lipinski definition) is 6. The molecule has 1 aromatic carbocycles. The minimum atomic E-state index is -0.356. The van der Waals surface area contributed by atoms with Gasteiger partial charge in [-0.15, -0.1) is 0 Å². The molecule has 0 bridgehead atoms. The first-order valence-electron chi connectivity index (χ1n) is 7.06. The summed E-state index contributed by atoms with van der Waals surface area (Å²) in [5.41, 5.74) is 0.705. The Morgan fingerprint density at radius 3 is 2.81 bits per heavy atom. The smallest absolute Gasteiger partial charge is 0.292 e. The molecule has 2 rings (SSSR count). The predicted molar refractivity (Wildman–Crippen MR) is 80.0 cm³/mol. The monoisotopic (exact) mass is 295 g/mol. The van der Waals surface area contributed by atoms with Crippen molar-refractivity contribution in [2.75, 3.05) is 51.3 Å². The molecule has 7 nitrogen and oxygen atoms in total. The van der Waals surface area contributed by atoms with Crippen LogP contribution in [0, 0.1) is 10.1 Å². The lowest BCUT2D eigenvalue weighted by molar-refractivity contribution is -0.384. The molecule has 1 heterocycles. The van der Waals surface area contributed by atoms with E-state index in [1.54, 1.807) is 19.2 Å². The number of nitro groups is 1. The van der Waals surface area contributed by atoms with Crippen LogP contribution >= 0.6 is 0 Å². The predicted octanol–water partition coefficient (Wildman–Crippen LogP) is 1.11. The van der Waals surface area contributed by atoms with Crippen molar-refractivity contribution in [3.05, 3.63) is 28.3 Å². The van der Waals surface area contributed by atoms with Gasteiger partial charge < -0.3 is 14.7 Å². The number of methoxy groups -OCH3 is 1. The summed E-state index contributed by atoms with van der Waals surface area (Å²) >= 11 is 0. The second kappa shape index (κ2) is 7.24. The van der Waals surface area contributed by atoms with Crippen LogP contribution < -0.4 is 9.64 Å². The first kappa shape index (κ1) is 15.5. The van der Waals surface area contributed by atoms with Crippen molar-refractivity contribution >= 4 is 11.4 Å². The molecule has 0 spiro atoms. The lowest BCUT2D eigenvalue weighted by Gasteiger charge is -2.23. The lowest BCUT2D eigenvalue weighted by atomic mass is 10.2. The summed E-state index contributed by atoms with van der Waals surface area (Å²) in [6.07, 6.45) is 0.911. The number of anilines is 1. The maximum Gasteiger partial charge on any atom is 0.292 e. The highest BCUT2D eigenvalue weighted by molar-refractivity contribution is 5.66. The molecule has 0 aromatic heterocycles. The molecule has 7 heteroatoms. The molecule has 0 aliphatic carbocycles. The number of nitro benzene ring substituents is 1. The van der Waals surface area contributed by atoms with Gasteiger partial charge in [-0.25, -0.2) is 0 Å². The third-order valence-corrected chi connectivity index (χ3v) is 3.72. The molecule has 21 heavy (non-hydrogen) atoms. The van der Waals surface area contributed by atoms with Crippen molar-refractivity contribution in [3.8, 4) is 5.75 Å². The Morgan fingerprint density at radius 2 is 2.14 bits per heavy atom. The van der Waals surface area contributed by atoms with Crippen LogP contribution in [0.3, 0.4) is 0 Å². The van der Waals surface area contributed by atoms with Crippen LogP contribution in [0.4, 0.5) is 11.4 Å². The van der Waals surface area contributed by atoms with Gasteiger partial charge in [-0.1, -0.05) is 0 Å². The number of hydrogen-bond donors (Lipinski definition) is 1. The number of nitrogens with zero attached hydrogens (tertiary/aromatic N) is 3. The van der Waals surface area contributed by atoms with Crippen LogP contribution in [-0.4, -0.2) is 61.4 Å². The van der Waals surface area contributed by atoms with Gasteiger partial charge in [-0.3, -0.25) is 15.0 Å². The molecular weight excluding hydrogens is 274 g/mol. The Kier molecular flexibility index (Phi) is 5.35. The normalized spacial score (nSPS) is 16.6. The lowest BCUT2D eigenvalue weighted by Crippen LogP contribution is -2.32. The minimum Gasteiger partial charge on any atom is -0.497 e. The Labute approximate surface area is 123 Å². The molecule has 1 aliphatic heterocycles. The average Bonchev–Trinajstić information content (AvgIpc) is 2.72. The molecule has 1 aliphatic rings. The van der Waals surface area contributed by atoms with Crippen molar-refractivity contribution < 1.29 is 14.8 Å². The highest BCUT2D eigenvalue weighted by atomic mass is 16.6. The van der Waals surface area contributed by atoms with Gasteiger partial charge in [0.05, 0.1) is 18.6 Å². The van der Waals surface area contributed by atoms with E-state index in [-0.39, 0.29) is 17.2 Å². The van der Waals surface area contributed by atoms with E-state index in [1.807, 2.05) is 4.90 Å². The number of rotatable bonds is 5. The third kappa shape index (κ3) is 3.83. The van der Waals surface area contributed by atoms with Gasteiger partial charge in [-0.2, -0.15) is 0 Å². The maximum absolute atomic E-state index is 11.2. The van der Waals surface area contributed by atoms with E-state index in [4.69, 9.17) is 9.84 Å². The van der Waals surface area contributed by atoms with Gasteiger partial charge in [0.25, 0.3) is 5.69 Å². The van der Waals surface area contributed by atoms with Gasteiger partial charge in [0.1, 0.15) is 11.4 Å². The van der Waals surface area contributed by atoms with E-state index in [0.717, 1.165) is 26.1 Å². The zero-order chi connectivity index (χ0) is 15.2. The van der Waals surface area contributed by atoms with Gasteiger partial charge in [0.15, 0.2) is 0 Å². The quantitative estimate of drug-likeness (QED) is 0.647. The SMILES string of the molecule is COc1ccc([N+](=O)[O-])c(N2CCCN(CCO)CC2)c1. The Morgan fingerprint density at radius 1 is 1.33 bits per heavy atom. The van der Waals surface area contributed by atoms with Crippen molar-refractivity contribution in [1.29, 1.82) is 0 Å². The standard InChI is InChI=1S/C14H21N3O4/c1-21-12-3-4-13(17(19)20)14(11-12)16-6-2-5-15(7-8-16)9-10-18/h3-4,11,18H,2,5-10H2,1H3. The number of aliphatic hydroxyl groups is 1. The van der Waals surface area contributed by atoms with Crippen LogP contribution in [0.25, 0.3) is 0 Å². The van der Waals surface area contributed by atoms with E-state index in [1.165, 1.54) is 6.07 Å². The van der Waals surface area contributed by atoms with Crippen molar-refractivity contribution in [2.45, 2.75) is 6.42 Å². The van der Waals surface area contributed by atoms with Crippen molar-refractivity contribution in [3.63, 3.8) is 0 Å². The van der Waals surface area contributed by atoms with Crippen LogP contribution in [0.5, 0.6) is 5.75 Å². The van der Waals surface area contributed by atoms with E-state index >= 15 is 0 Å². The summed E-state index contributed by atoms with van der Waals surface area (Å²) in [6, 6.07) is 4.82. The fourth-order valence-electron chi connectivity index (χ4n) is 2.61. The van der Waals surface area contributed by atoms with Gasteiger partial charge in [0.2, 0.25) is 0 Å². The zero-order valence-corrected chi connectivity index (χ0v) is 12.2. The molecule has 0 unspecified atom stereocenters. The van der Waals surface area contributed by atoms with Crippen LogP contribution in [0.1, 0.15) is 6.42 Å². The first-order chi connectivity index (χ1) is 10.2. The highest BCUT2D eigenvalue weighted by Gasteiger charge is 2.22. The molecule has 0 atom stereocenters. The summed E-state index contributed by atoms with van der Waals surface area (Å²) in [5, 5.41) is 20.2. The number of β-amino-alcohol motifs (C(OH)–C–C–N with tert-alkyl or cyclic N) is 1. The van der Waals surface area contributed by atoms with Crippen LogP contribution in [0.15, 0.2) is 18.2 Å². The largest absolute Gasteiger partial charge is 0.497 e. The molecule has 1 aromatic rings. The van der Waals surface area contributed by atoms with E-state index in [2.05, 4.69) is 4.90 Å². The third-order valence-electron chi connectivity index (χ3n) is 3.72. The summed E-state index contributed by atoms with van der Waals surface area (Å²) < 4.78 is 5.18. The van der Waals surface area contributed by atoms with E-state index < -0.39 is 0 Å². The summed E-state index contributed by atoms with van der Waals surface area (Å²) in [6.45, 7) is 3.93. The average molecular weight is 295 g/mol. The second-order valence-electron chi connectivity index (χ2n) is 5.02. The van der Waals surface area contributed by atoms with Gasteiger partial charge in [0, 0.05) is 38.3 Å². The molecule has 0 radical (unpaired) electrons. The van der Waals surface area contributed by atoms with Crippen molar-refractivity contribution in [2.24, 2.45) is 0 Å². The second-order valence-corrected chi connectivity index (χ2v) is 5.02. The highest BCUT2D eigenvalue weighted by Crippen LogP contribution is 2.32. The fourth-order valence-corrected chi connectivity index (χ4v) is 2.61. The Balaban J connectivity index is 2.21. The van der Waals surface area contributed by atoms with Gasteiger partial charge >= 0.3 is 0 Å².